The van der Waals surface area contributed by atoms with Gasteiger partial charge in [-0.2, -0.15) is 0 Å². The molecule has 0 spiro atoms. The van der Waals surface area contributed by atoms with Crippen molar-refractivity contribution in [1.82, 2.24) is 4.90 Å². The highest BCUT2D eigenvalue weighted by Crippen LogP contribution is 2.30. The highest BCUT2D eigenvalue weighted by atomic mass is 16.6. The number of amides is 1. The third kappa shape index (κ3) is 2.70. The molecule has 0 atom stereocenters. The third-order valence-electron chi connectivity index (χ3n) is 3.34. The highest BCUT2D eigenvalue weighted by molar-refractivity contribution is 6.01. The summed E-state index contributed by atoms with van der Waals surface area (Å²) in [6.45, 7) is 1.15. The van der Waals surface area contributed by atoms with E-state index < -0.39 is 0 Å². The first kappa shape index (κ1) is 12.0. The first-order valence-corrected chi connectivity index (χ1v) is 6.42. The molecule has 0 saturated heterocycles. The minimum atomic E-state index is -0.298. The molecule has 1 amide bonds. The lowest BCUT2D eigenvalue weighted by molar-refractivity contribution is 0.139. The lowest BCUT2D eigenvalue weighted by Crippen LogP contribution is -2.39. The minimum absolute atomic E-state index is 0.298. The molecule has 19 heavy (non-hydrogen) atoms. The number of methoxy groups -OCH3 is 1. The van der Waals surface area contributed by atoms with Crippen molar-refractivity contribution in [1.29, 1.82) is 0 Å². The molecule has 5 heteroatoms. The van der Waals surface area contributed by atoms with Gasteiger partial charge < -0.3 is 9.47 Å². The quantitative estimate of drug-likeness (QED) is 0.834. The van der Waals surface area contributed by atoms with Crippen LogP contribution >= 0.6 is 0 Å². The molecule has 0 unspecified atom stereocenters. The van der Waals surface area contributed by atoms with Gasteiger partial charge in [-0.05, 0) is 43.0 Å². The van der Waals surface area contributed by atoms with Gasteiger partial charge in [0.1, 0.15) is 12.4 Å². The summed E-state index contributed by atoms with van der Waals surface area (Å²) >= 11 is 0. The normalized spacial score (nSPS) is 18.9. The fourth-order valence-corrected chi connectivity index (χ4v) is 2.02. The Labute approximate surface area is 111 Å². The summed E-state index contributed by atoms with van der Waals surface area (Å²) in [5, 5.41) is 0. The largest absolute Gasteiger partial charge is 0.497 e. The molecule has 1 aliphatic heterocycles. The Morgan fingerprint density at radius 3 is 2.68 bits per heavy atom. The molecular formula is C14H16N2O3. The van der Waals surface area contributed by atoms with Gasteiger partial charge in [0.05, 0.1) is 7.11 Å². The number of benzene rings is 1. The van der Waals surface area contributed by atoms with Crippen LogP contribution in [0.3, 0.4) is 0 Å². The maximum Gasteiger partial charge on any atom is 0.418 e. The topological polar surface area (TPSA) is 51.1 Å². The summed E-state index contributed by atoms with van der Waals surface area (Å²) in [6.07, 6.45) is 2.12. The van der Waals surface area contributed by atoms with E-state index >= 15 is 0 Å². The van der Waals surface area contributed by atoms with Gasteiger partial charge in [-0.3, -0.25) is 4.90 Å². The molecule has 1 fully saturated rings. The van der Waals surface area contributed by atoms with Gasteiger partial charge in [0, 0.05) is 12.1 Å². The van der Waals surface area contributed by atoms with Gasteiger partial charge in [-0.1, -0.05) is 0 Å². The Morgan fingerprint density at radius 2 is 2.11 bits per heavy atom. The van der Waals surface area contributed by atoms with Crippen LogP contribution in [-0.4, -0.2) is 37.2 Å². The van der Waals surface area contributed by atoms with Gasteiger partial charge in [-0.25, -0.2) is 9.79 Å². The second-order valence-electron chi connectivity index (χ2n) is 4.87. The maximum absolute atomic E-state index is 11.9. The summed E-state index contributed by atoms with van der Waals surface area (Å²) in [7, 11) is 1.61. The number of hydrogen-bond donors (Lipinski definition) is 0. The van der Waals surface area contributed by atoms with E-state index in [1.165, 1.54) is 12.8 Å². The van der Waals surface area contributed by atoms with E-state index in [0.29, 0.717) is 18.5 Å². The van der Waals surface area contributed by atoms with Gasteiger partial charge in [0.25, 0.3) is 0 Å². The standard InChI is InChI=1S/C14H16N2O3/c1-18-12-6-4-11(5-7-12)13-15-9-16(14(17)19-13)8-10-2-3-10/h4-7,10H,2-3,8-9H2,1H3. The summed E-state index contributed by atoms with van der Waals surface area (Å²) in [5.41, 5.74) is 0.792. The average molecular weight is 260 g/mol. The van der Waals surface area contributed by atoms with Crippen LogP contribution in [0.15, 0.2) is 29.3 Å². The molecule has 5 nitrogen and oxygen atoms in total. The van der Waals surface area contributed by atoms with Crippen molar-refractivity contribution in [3.05, 3.63) is 29.8 Å². The van der Waals surface area contributed by atoms with Crippen molar-refractivity contribution in [3.63, 3.8) is 0 Å². The predicted molar refractivity (Wildman–Crippen MR) is 70.3 cm³/mol. The molecule has 0 N–H and O–H groups in total. The van der Waals surface area contributed by atoms with E-state index in [4.69, 9.17) is 9.47 Å². The van der Waals surface area contributed by atoms with Gasteiger partial charge >= 0.3 is 6.09 Å². The van der Waals surface area contributed by atoms with Crippen molar-refractivity contribution in [3.8, 4) is 5.75 Å². The second kappa shape index (κ2) is 4.91. The second-order valence-corrected chi connectivity index (χ2v) is 4.87. The van der Waals surface area contributed by atoms with E-state index in [1.54, 1.807) is 12.0 Å². The third-order valence-corrected chi connectivity index (χ3v) is 3.34. The lowest BCUT2D eigenvalue weighted by atomic mass is 10.2. The Balaban J connectivity index is 1.70. The fourth-order valence-electron chi connectivity index (χ4n) is 2.02. The molecule has 1 aromatic rings. The van der Waals surface area contributed by atoms with Crippen LogP contribution < -0.4 is 4.74 Å². The smallest absolute Gasteiger partial charge is 0.418 e. The molecule has 100 valence electrons. The van der Waals surface area contributed by atoms with Crippen LogP contribution in [0.5, 0.6) is 5.75 Å². The van der Waals surface area contributed by atoms with Crippen LogP contribution in [-0.2, 0) is 4.74 Å². The van der Waals surface area contributed by atoms with E-state index in [1.807, 2.05) is 24.3 Å². The van der Waals surface area contributed by atoms with Crippen molar-refractivity contribution >= 4 is 12.0 Å². The molecule has 3 rings (SSSR count). The summed E-state index contributed by atoms with van der Waals surface area (Å²) in [4.78, 5) is 17.8. The van der Waals surface area contributed by atoms with E-state index in [0.717, 1.165) is 17.9 Å². The number of cyclic esters (lactones) is 1. The Hall–Kier alpha value is -2.04. The van der Waals surface area contributed by atoms with Gasteiger partial charge in [-0.15, -0.1) is 0 Å². The maximum atomic E-state index is 11.9. The first-order valence-electron chi connectivity index (χ1n) is 6.42. The zero-order valence-corrected chi connectivity index (χ0v) is 10.8. The summed E-state index contributed by atoms with van der Waals surface area (Å²) in [5.74, 6) is 1.80. The predicted octanol–water partition coefficient (Wildman–Crippen LogP) is 2.26. The Bertz CT molecular complexity index is 506. The van der Waals surface area contributed by atoms with Crippen molar-refractivity contribution < 1.29 is 14.3 Å². The SMILES string of the molecule is COc1ccc(C2=NCN(CC3CC3)C(=O)O2)cc1. The summed E-state index contributed by atoms with van der Waals surface area (Å²) < 4.78 is 10.4. The van der Waals surface area contributed by atoms with E-state index in [9.17, 15) is 4.79 Å². The monoisotopic (exact) mass is 260 g/mol. The molecule has 2 aliphatic rings. The number of carbonyl (C=O) groups excluding carboxylic acids is 1. The molecule has 0 radical (unpaired) electrons. The Morgan fingerprint density at radius 1 is 1.37 bits per heavy atom. The van der Waals surface area contributed by atoms with Gasteiger partial charge in [0.2, 0.25) is 5.90 Å². The number of aliphatic imine (C=N–C) groups is 1. The molecule has 1 saturated carbocycles. The van der Waals surface area contributed by atoms with E-state index in [-0.39, 0.29) is 6.09 Å². The fraction of sp³-hybridized carbons (Fsp3) is 0.429. The molecular weight excluding hydrogens is 244 g/mol. The number of rotatable bonds is 4. The van der Waals surface area contributed by atoms with Crippen LogP contribution in [0.4, 0.5) is 4.79 Å². The van der Waals surface area contributed by atoms with Crippen LogP contribution in [0, 0.1) is 5.92 Å². The molecule has 1 aliphatic carbocycles. The van der Waals surface area contributed by atoms with Crippen molar-refractivity contribution in [2.24, 2.45) is 10.9 Å². The zero-order chi connectivity index (χ0) is 13.2. The number of nitrogens with zero attached hydrogens (tertiary/aromatic N) is 2. The molecule has 1 aromatic carbocycles. The number of ether oxygens (including phenoxy) is 2. The lowest BCUT2D eigenvalue weighted by Gasteiger charge is -2.24. The van der Waals surface area contributed by atoms with Crippen LogP contribution in [0.2, 0.25) is 0 Å². The van der Waals surface area contributed by atoms with Crippen LogP contribution in [0.1, 0.15) is 18.4 Å². The van der Waals surface area contributed by atoms with E-state index in [2.05, 4.69) is 4.99 Å². The average Bonchev–Trinajstić information content (AvgIpc) is 3.25. The highest BCUT2D eigenvalue weighted by Gasteiger charge is 2.30. The zero-order valence-electron chi connectivity index (χ0n) is 10.8. The molecule has 0 aromatic heterocycles. The van der Waals surface area contributed by atoms with Crippen molar-refractivity contribution in [2.75, 3.05) is 20.3 Å². The van der Waals surface area contributed by atoms with Crippen LogP contribution in [0.25, 0.3) is 0 Å². The molecule has 1 heterocycles. The van der Waals surface area contributed by atoms with Gasteiger partial charge in [0.15, 0.2) is 0 Å². The number of hydrogen-bond acceptors (Lipinski definition) is 4. The van der Waals surface area contributed by atoms with Crippen molar-refractivity contribution in [2.45, 2.75) is 12.8 Å². The summed E-state index contributed by atoms with van der Waals surface area (Å²) in [6, 6.07) is 7.31. The molecule has 0 bridgehead atoms. The first-order chi connectivity index (χ1) is 9.26. The Kier molecular flexibility index (Phi) is 3.11. The minimum Gasteiger partial charge on any atom is -0.497 e. The number of carbonyl (C=O) groups is 1.